The smallest absolute Gasteiger partial charge is 0.274 e. The van der Waals surface area contributed by atoms with Crippen molar-refractivity contribution >= 4 is 5.91 Å². The van der Waals surface area contributed by atoms with Crippen LogP contribution in [0.15, 0.2) is 12.4 Å². The fraction of sp³-hybridized carbons (Fsp3) is 0.611. The number of hydrogen-bond acceptors (Lipinski definition) is 5. The van der Waals surface area contributed by atoms with Crippen molar-refractivity contribution in [2.45, 2.75) is 45.4 Å². The molecule has 4 rings (SSSR count). The Morgan fingerprint density at radius 2 is 2.04 bits per heavy atom. The number of H-pyrrole nitrogens is 1. The molecule has 0 aromatic carbocycles. The fourth-order valence-corrected chi connectivity index (χ4v) is 3.66. The highest BCUT2D eigenvalue weighted by Crippen LogP contribution is 2.47. The van der Waals surface area contributed by atoms with Crippen molar-refractivity contribution in [3.05, 3.63) is 35.4 Å². The van der Waals surface area contributed by atoms with Gasteiger partial charge in [-0.25, -0.2) is 9.97 Å². The van der Waals surface area contributed by atoms with E-state index in [2.05, 4.69) is 34.0 Å². The Labute approximate surface area is 147 Å². The minimum absolute atomic E-state index is 0.0377. The third kappa shape index (κ3) is 3.15. The molecule has 25 heavy (non-hydrogen) atoms. The van der Waals surface area contributed by atoms with Gasteiger partial charge in [-0.2, -0.15) is 5.10 Å². The molecule has 1 aliphatic carbocycles. The lowest BCUT2D eigenvalue weighted by molar-refractivity contribution is 0.0778. The maximum Gasteiger partial charge on any atom is 0.274 e. The van der Waals surface area contributed by atoms with Gasteiger partial charge >= 0.3 is 0 Å². The third-order valence-electron chi connectivity index (χ3n) is 5.27. The molecule has 0 unspecified atom stereocenters. The predicted molar refractivity (Wildman–Crippen MR) is 92.1 cm³/mol. The summed E-state index contributed by atoms with van der Waals surface area (Å²) in [5, 5.41) is 7.47. The van der Waals surface area contributed by atoms with Crippen molar-refractivity contribution < 1.29 is 4.79 Å². The summed E-state index contributed by atoms with van der Waals surface area (Å²) in [6, 6.07) is 0. The van der Waals surface area contributed by atoms with Crippen LogP contribution in [0.3, 0.4) is 0 Å². The minimum Gasteiger partial charge on any atom is -0.336 e. The quantitative estimate of drug-likeness (QED) is 0.922. The lowest BCUT2D eigenvalue weighted by atomic mass is 9.91. The zero-order valence-electron chi connectivity index (χ0n) is 14.9. The molecule has 2 aliphatic rings. The van der Waals surface area contributed by atoms with Gasteiger partial charge in [0.2, 0.25) is 0 Å². The molecule has 0 radical (unpaired) electrons. The Morgan fingerprint density at radius 1 is 1.24 bits per heavy atom. The summed E-state index contributed by atoms with van der Waals surface area (Å²) < 4.78 is 0. The molecule has 0 spiro atoms. The molecule has 1 aliphatic heterocycles. The topological polar surface area (TPSA) is 87.7 Å². The Balaban J connectivity index is 1.55. The number of nitrogens with zero attached hydrogens (tertiary/aromatic N) is 5. The van der Waals surface area contributed by atoms with Gasteiger partial charge in [0, 0.05) is 31.1 Å². The molecule has 132 valence electrons. The summed E-state index contributed by atoms with van der Waals surface area (Å²) in [5.41, 5.74) is 1.23. The van der Waals surface area contributed by atoms with Crippen LogP contribution in [-0.2, 0) is 0 Å². The molecular weight excluding hydrogens is 316 g/mol. The summed E-state index contributed by atoms with van der Waals surface area (Å²) in [6.45, 7) is 7.48. The summed E-state index contributed by atoms with van der Waals surface area (Å²) in [4.78, 5) is 27.9. The number of nitrogens with one attached hydrogen (secondary N) is 1. The fourth-order valence-electron chi connectivity index (χ4n) is 3.66. The van der Waals surface area contributed by atoms with Crippen LogP contribution in [0.2, 0.25) is 0 Å². The van der Waals surface area contributed by atoms with Crippen molar-refractivity contribution in [1.29, 1.82) is 0 Å². The van der Waals surface area contributed by atoms with E-state index in [1.807, 2.05) is 11.8 Å². The van der Waals surface area contributed by atoms with Crippen molar-refractivity contribution in [3.8, 4) is 0 Å². The number of carbonyl (C=O) groups is 1. The van der Waals surface area contributed by atoms with Gasteiger partial charge in [-0.05, 0) is 31.6 Å². The first-order valence-electron chi connectivity index (χ1n) is 9.03. The highest BCUT2D eigenvalue weighted by Gasteiger charge is 2.46. The third-order valence-corrected chi connectivity index (χ3v) is 5.27. The van der Waals surface area contributed by atoms with Gasteiger partial charge in [-0.15, -0.1) is 0 Å². The Bertz CT molecular complexity index is 764. The highest BCUT2D eigenvalue weighted by atomic mass is 16.2. The SMILES string of the molecule is Cc1cnc(C(=O)N2C[C@H](c3nc(C(C)C)n[nH]3)[C@@H](C3CC3)C2)cn1. The lowest BCUT2D eigenvalue weighted by Crippen LogP contribution is -2.30. The standard InChI is InChI=1S/C18H24N6O/c1-10(2)16-21-17(23-22-16)14-9-24(8-13(14)12-4-5-12)18(25)15-7-19-11(3)6-20-15/h6-7,10,12-14H,4-5,8-9H2,1-3H3,(H,21,22,23)/t13-,14+/m1/s1. The monoisotopic (exact) mass is 340 g/mol. The van der Waals surface area contributed by atoms with E-state index < -0.39 is 0 Å². The molecular formula is C18H24N6O. The second-order valence-corrected chi connectivity index (χ2v) is 7.59. The zero-order valence-corrected chi connectivity index (χ0v) is 14.9. The van der Waals surface area contributed by atoms with Gasteiger partial charge in [-0.3, -0.25) is 14.9 Å². The van der Waals surface area contributed by atoms with E-state index in [4.69, 9.17) is 4.98 Å². The lowest BCUT2D eigenvalue weighted by Gasteiger charge is -2.15. The average Bonchev–Trinajstić information content (AvgIpc) is 3.15. The van der Waals surface area contributed by atoms with Crippen LogP contribution in [-0.4, -0.2) is 49.0 Å². The molecule has 2 aromatic rings. The first kappa shape index (κ1) is 16.2. The van der Waals surface area contributed by atoms with Crippen LogP contribution in [0.5, 0.6) is 0 Å². The van der Waals surface area contributed by atoms with Gasteiger partial charge < -0.3 is 4.90 Å². The molecule has 2 fully saturated rings. The first-order chi connectivity index (χ1) is 12.0. The molecule has 7 heteroatoms. The molecule has 2 aromatic heterocycles. The molecule has 1 saturated heterocycles. The predicted octanol–water partition coefficient (Wildman–Crippen LogP) is 2.29. The second kappa shape index (κ2) is 6.20. The Hall–Kier alpha value is -2.31. The van der Waals surface area contributed by atoms with Gasteiger partial charge in [0.05, 0.1) is 11.9 Å². The summed E-state index contributed by atoms with van der Waals surface area (Å²) >= 11 is 0. The molecule has 0 bridgehead atoms. The zero-order chi connectivity index (χ0) is 17.6. The number of hydrogen-bond donors (Lipinski definition) is 1. The largest absolute Gasteiger partial charge is 0.336 e. The number of aryl methyl sites for hydroxylation is 1. The minimum atomic E-state index is -0.0377. The van der Waals surface area contributed by atoms with Gasteiger partial charge in [0.25, 0.3) is 5.91 Å². The van der Waals surface area contributed by atoms with Crippen LogP contribution < -0.4 is 0 Å². The number of aromatic nitrogens is 5. The molecule has 7 nitrogen and oxygen atoms in total. The first-order valence-corrected chi connectivity index (χ1v) is 9.03. The van der Waals surface area contributed by atoms with Gasteiger partial charge in [0.1, 0.15) is 11.5 Å². The van der Waals surface area contributed by atoms with Crippen LogP contribution in [0.1, 0.15) is 66.4 Å². The average molecular weight is 340 g/mol. The Kier molecular flexibility index (Phi) is 4.01. The summed E-state index contributed by atoms with van der Waals surface area (Å²) in [7, 11) is 0. The van der Waals surface area contributed by atoms with E-state index in [-0.39, 0.29) is 11.8 Å². The van der Waals surface area contributed by atoms with Crippen molar-refractivity contribution in [2.75, 3.05) is 13.1 Å². The number of rotatable bonds is 4. The van der Waals surface area contributed by atoms with E-state index in [1.165, 1.54) is 12.8 Å². The van der Waals surface area contributed by atoms with E-state index in [1.54, 1.807) is 12.4 Å². The van der Waals surface area contributed by atoms with Gasteiger partial charge in [0.15, 0.2) is 5.82 Å². The molecule has 2 atom stereocenters. The highest BCUT2D eigenvalue weighted by molar-refractivity contribution is 5.92. The number of amides is 1. The van der Waals surface area contributed by atoms with E-state index in [0.717, 1.165) is 23.9 Å². The number of likely N-dealkylation sites (tertiary alicyclic amines) is 1. The second-order valence-electron chi connectivity index (χ2n) is 7.59. The van der Waals surface area contributed by atoms with Crippen molar-refractivity contribution in [2.24, 2.45) is 11.8 Å². The molecule has 1 amide bonds. The van der Waals surface area contributed by atoms with Gasteiger partial charge in [-0.1, -0.05) is 13.8 Å². The van der Waals surface area contributed by atoms with E-state index >= 15 is 0 Å². The van der Waals surface area contributed by atoms with Crippen LogP contribution in [0.25, 0.3) is 0 Å². The van der Waals surface area contributed by atoms with E-state index in [0.29, 0.717) is 30.0 Å². The molecule has 3 heterocycles. The number of aromatic amines is 1. The van der Waals surface area contributed by atoms with Crippen molar-refractivity contribution in [3.63, 3.8) is 0 Å². The normalized spacial score (nSPS) is 23.4. The van der Waals surface area contributed by atoms with Crippen LogP contribution in [0.4, 0.5) is 0 Å². The maximum absolute atomic E-state index is 12.8. The van der Waals surface area contributed by atoms with Crippen LogP contribution in [0, 0.1) is 18.8 Å². The molecule has 1 saturated carbocycles. The number of carbonyl (C=O) groups excluding carboxylic acids is 1. The van der Waals surface area contributed by atoms with Crippen molar-refractivity contribution in [1.82, 2.24) is 30.0 Å². The van der Waals surface area contributed by atoms with Crippen LogP contribution >= 0.6 is 0 Å². The summed E-state index contributed by atoms with van der Waals surface area (Å²) in [5.74, 6) is 3.41. The maximum atomic E-state index is 12.8. The summed E-state index contributed by atoms with van der Waals surface area (Å²) in [6.07, 6.45) is 5.71. The molecule has 1 N–H and O–H groups in total. The van der Waals surface area contributed by atoms with E-state index in [9.17, 15) is 4.79 Å². The Morgan fingerprint density at radius 3 is 2.64 bits per heavy atom.